The van der Waals surface area contributed by atoms with Crippen molar-refractivity contribution in [2.45, 2.75) is 27.7 Å². The fourth-order valence-corrected chi connectivity index (χ4v) is 10.5. The second kappa shape index (κ2) is 23.5. The molecule has 0 aliphatic carbocycles. The van der Waals surface area contributed by atoms with E-state index in [9.17, 15) is 0 Å². The predicted molar refractivity (Wildman–Crippen MR) is 338 cm³/mol. The lowest BCUT2D eigenvalue weighted by Crippen LogP contribution is -1.99. The minimum Gasteiger partial charge on any atom is -0.0622 e. The van der Waals surface area contributed by atoms with Gasteiger partial charge in [-0.25, -0.2) is 0 Å². The number of benzene rings is 11. The number of hydrogen-bond acceptors (Lipinski definition) is 0. The Balaban J connectivity index is 0.819. The van der Waals surface area contributed by atoms with Crippen LogP contribution in [0.5, 0.6) is 0 Å². The Kier molecular flexibility index (Phi) is 15.2. The third kappa shape index (κ3) is 11.6. The van der Waals surface area contributed by atoms with Crippen molar-refractivity contribution in [1.29, 1.82) is 0 Å². The third-order valence-electron chi connectivity index (χ3n) is 15.3. The molecule has 0 aliphatic heterocycles. The summed E-state index contributed by atoms with van der Waals surface area (Å²) >= 11 is 0. The molecular weight excluding hydrogens is 937 g/mol. The summed E-state index contributed by atoms with van der Waals surface area (Å²) in [7, 11) is 0. The van der Waals surface area contributed by atoms with Crippen molar-refractivity contribution >= 4 is 47.6 Å². The van der Waals surface area contributed by atoms with E-state index in [-0.39, 0.29) is 0 Å². The van der Waals surface area contributed by atoms with Crippen molar-refractivity contribution in [1.82, 2.24) is 0 Å². The molecule has 0 radical (unpaired) electrons. The molecule has 0 N–H and O–H groups in total. The molecule has 0 atom stereocenters. The van der Waals surface area contributed by atoms with E-state index in [1.807, 2.05) is 0 Å². The van der Waals surface area contributed by atoms with Gasteiger partial charge in [-0.1, -0.05) is 291 Å². The van der Waals surface area contributed by atoms with Crippen LogP contribution in [0.3, 0.4) is 0 Å². The second-order valence-electron chi connectivity index (χ2n) is 20.2. The van der Waals surface area contributed by atoms with E-state index in [0.717, 1.165) is 11.1 Å². The molecule has 11 aromatic carbocycles. The molecule has 0 heteroatoms. The van der Waals surface area contributed by atoms with Crippen molar-refractivity contribution in [3.8, 4) is 44.5 Å². The van der Waals surface area contributed by atoms with Gasteiger partial charge in [-0.3, -0.25) is 0 Å². The van der Waals surface area contributed by atoms with E-state index in [2.05, 4.69) is 331 Å². The van der Waals surface area contributed by atoms with E-state index in [0.29, 0.717) is 0 Å². The fraction of sp³-hybridized carbons (Fsp3) is 0.0513. The zero-order valence-electron chi connectivity index (χ0n) is 44.9. The molecule has 78 heavy (non-hydrogen) atoms. The average molecular weight is 999 g/mol. The lowest BCUT2D eigenvalue weighted by atomic mass is 9.88. The van der Waals surface area contributed by atoms with Gasteiger partial charge in [0.1, 0.15) is 0 Å². The van der Waals surface area contributed by atoms with E-state index >= 15 is 0 Å². The molecule has 0 saturated carbocycles. The van der Waals surface area contributed by atoms with Crippen molar-refractivity contribution < 1.29 is 0 Å². The largest absolute Gasteiger partial charge is 0.0622 e. The van der Waals surface area contributed by atoms with E-state index in [1.54, 1.807) is 0 Å². The lowest BCUT2D eigenvalue weighted by molar-refractivity contribution is 1.21. The summed E-state index contributed by atoms with van der Waals surface area (Å²) < 4.78 is 0. The van der Waals surface area contributed by atoms with Crippen LogP contribution in [0.1, 0.15) is 77.9 Å². The molecule has 0 heterocycles. The highest BCUT2D eigenvalue weighted by Crippen LogP contribution is 2.35. The highest BCUT2D eigenvalue weighted by Gasteiger charge is 2.14. The molecule has 11 rings (SSSR count). The first-order valence-corrected chi connectivity index (χ1v) is 27.0. The van der Waals surface area contributed by atoms with Gasteiger partial charge in [0.15, 0.2) is 0 Å². The first-order valence-electron chi connectivity index (χ1n) is 27.0. The zero-order valence-corrected chi connectivity index (χ0v) is 44.9. The van der Waals surface area contributed by atoms with Crippen LogP contribution < -0.4 is 0 Å². The van der Waals surface area contributed by atoms with Crippen LogP contribution in [-0.2, 0) is 0 Å². The van der Waals surface area contributed by atoms with Gasteiger partial charge in [-0.05, 0) is 173 Å². The Morgan fingerprint density at radius 2 is 0.410 bits per heavy atom. The first-order chi connectivity index (χ1) is 38.3. The van der Waals surface area contributed by atoms with Gasteiger partial charge in [0.2, 0.25) is 0 Å². The first kappa shape index (κ1) is 50.5. The fourth-order valence-electron chi connectivity index (χ4n) is 10.5. The quantitative estimate of drug-likeness (QED) is 0.0953. The Hall–Kier alpha value is -9.62. The smallest absolute Gasteiger partial charge is 0.0105 e. The highest BCUT2D eigenvalue weighted by atomic mass is 14.2. The van der Waals surface area contributed by atoms with Gasteiger partial charge >= 0.3 is 0 Å². The van der Waals surface area contributed by atoms with Crippen LogP contribution in [0.25, 0.3) is 92.1 Å². The van der Waals surface area contributed by atoms with E-state index < -0.39 is 0 Å². The van der Waals surface area contributed by atoms with E-state index in [4.69, 9.17) is 0 Å². The minimum absolute atomic E-state index is 1.16. The van der Waals surface area contributed by atoms with Gasteiger partial charge in [0.25, 0.3) is 0 Å². The summed E-state index contributed by atoms with van der Waals surface area (Å²) in [6.45, 7) is 9.04. The zero-order chi connectivity index (χ0) is 53.2. The molecule has 0 fully saturated rings. The molecule has 374 valence electrons. The molecule has 0 aliphatic rings. The van der Waals surface area contributed by atoms with Crippen molar-refractivity contribution in [2.24, 2.45) is 0 Å². The van der Waals surface area contributed by atoms with Crippen molar-refractivity contribution in [3.63, 3.8) is 0 Å². The molecule has 11 aromatic rings. The van der Waals surface area contributed by atoms with Gasteiger partial charge in [0, 0.05) is 0 Å². The highest BCUT2D eigenvalue weighted by molar-refractivity contribution is 5.94. The summed E-state index contributed by atoms with van der Waals surface area (Å²) in [4.78, 5) is 0. The molecule has 0 nitrogen and oxygen atoms in total. The summed E-state index contributed by atoms with van der Waals surface area (Å²) in [6, 6.07) is 96.0. The molecule has 0 unspecified atom stereocenters. The Labute approximate surface area is 462 Å². The minimum atomic E-state index is 1.16. The summed E-state index contributed by atoms with van der Waals surface area (Å²) in [5.74, 6) is 0. The Morgan fingerprint density at radius 1 is 0.205 bits per heavy atom. The molecule has 0 bridgehead atoms. The van der Waals surface area contributed by atoms with Gasteiger partial charge in [-0.2, -0.15) is 0 Å². The maximum Gasteiger partial charge on any atom is -0.0105 e. The maximum atomic E-state index is 2.32. The SMILES string of the molecule is Cc1c(C)c(/C=C/c2ccc(C=C(c3ccc(-c4ccccc4)cc3)c3ccc(-c4ccccc4)cc3)cc2)c(C)c(C)c1/C=C/c1ccc(C=C(c2ccc(-c3ccccc3)cc2)c2ccc(-c3ccccc3)cc2)cc1. The predicted octanol–water partition coefficient (Wildman–Crippen LogP) is 21.1. The molecule has 0 spiro atoms. The molecular formula is C78H62. The number of rotatable bonds is 14. The lowest BCUT2D eigenvalue weighted by Gasteiger charge is -2.17. The van der Waals surface area contributed by atoms with Crippen LogP contribution in [0.4, 0.5) is 0 Å². The molecule has 0 saturated heterocycles. The summed E-state index contributed by atoms with van der Waals surface area (Å²) in [5.41, 5.74) is 29.2. The van der Waals surface area contributed by atoms with Gasteiger partial charge < -0.3 is 0 Å². The molecule has 0 amide bonds. The third-order valence-corrected chi connectivity index (χ3v) is 15.3. The average Bonchev–Trinajstić information content (AvgIpc) is 3.55. The Morgan fingerprint density at radius 3 is 0.641 bits per heavy atom. The normalized spacial score (nSPS) is 11.2. The standard InChI is InChI=1S/C78H62/c1-55-56(2)76(52-34-60-27-31-62(32-28-60)54-78(73-47-39-69(40-48-73)65-21-13-7-14-22-65)74-49-41-70(42-50-74)66-23-15-8-16-24-66)58(4)57(3)75(55)51-33-59-25-29-61(30-26-59)53-77(71-43-35-67(36-44-71)63-17-9-5-10-18-63)72-45-37-68(38-46-72)64-19-11-6-12-20-64/h5-54H,1-4H3/b51-33+,52-34+. The van der Waals surface area contributed by atoms with Crippen LogP contribution in [0, 0.1) is 27.7 Å². The summed E-state index contributed by atoms with van der Waals surface area (Å²) in [6.07, 6.45) is 13.7. The van der Waals surface area contributed by atoms with Crippen LogP contribution >= 0.6 is 0 Å². The van der Waals surface area contributed by atoms with Crippen molar-refractivity contribution in [3.05, 3.63) is 345 Å². The topological polar surface area (TPSA) is 0 Å². The summed E-state index contributed by atoms with van der Waals surface area (Å²) in [5, 5.41) is 0. The van der Waals surface area contributed by atoms with Crippen LogP contribution in [0.2, 0.25) is 0 Å². The van der Waals surface area contributed by atoms with Gasteiger partial charge in [-0.15, -0.1) is 0 Å². The second-order valence-corrected chi connectivity index (χ2v) is 20.2. The maximum absolute atomic E-state index is 2.32. The van der Waals surface area contributed by atoms with Crippen LogP contribution in [0.15, 0.2) is 267 Å². The van der Waals surface area contributed by atoms with Gasteiger partial charge in [0.05, 0.1) is 0 Å². The van der Waals surface area contributed by atoms with Crippen LogP contribution in [-0.4, -0.2) is 0 Å². The van der Waals surface area contributed by atoms with Crippen molar-refractivity contribution in [2.75, 3.05) is 0 Å². The number of hydrogen-bond donors (Lipinski definition) is 0. The molecule has 0 aromatic heterocycles. The Bertz CT molecular complexity index is 3450. The monoisotopic (exact) mass is 998 g/mol. The van der Waals surface area contributed by atoms with E-state index in [1.165, 1.54) is 122 Å².